The lowest BCUT2D eigenvalue weighted by molar-refractivity contribution is -0.123. The minimum absolute atomic E-state index is 0.0327. The van der Waals surface area contributed by atoms with Crippen LogP contribution in [0.3, 0.4) is 0 Å². The molecule has 11 nitrogen and oxygen atoms in total. The highest BCUT2D eigenvalue weighted by molar-refractivity contribution is 6.11. The number of fused-ring (bicyclic) bond motifs is 1. The Morgan fingerprint density at radius 2 is 1.82 bits per heavy atom. The van der Waals surface area contributed by atoms with E-state index < -0.39 is 29.9 Å². The molecule has 4 rings (SSSR count). The fourth-order valence-corrected chi connectivity index (χ4v) is 5.10. The number of alkyl halides is 3. The summed E-state index contributed by atoms with van der Waals surface area (Å²) in [4.78, 5) is 51.0. The summed E-state index contributed by atoms with van der Waals surface area (Å²) in [6.45, 7) is 4.58. The maximum absolute atomic E-state index is 13.8. The Bertz CT molecular complexity index is 1480. The smallest absolute Gasteiger partial charge is 0.356 e. The summed E-state index contributed by atoms with van der Waals surface area (Å²) in [6.07, 6.45) is -3.19. The third-order valence-electron chi connectivity index (χ3n) is 6.59. The minimum Gasteiger partial charge on any atom is -0.356 e. The van der Waals surface area contributed by atoms with E-state index in [1.807, 2.05) is 5.32 Å². The number of aromatic nitrogens is 5. The third-order valence-corrected chi connectivity index (χ3v) is 6.59. The third kappa shape index (κ3) is 5.17. The fourth-order valence-electron chi connectivity index (χ4n) is 5.10. The van der Waals surface area contributed by atoms with Gasteiger partial charge in [0.2, 0.25) is 0 Å². The van der Waals surface area contributed by atoms with Crippen LogP contribution in [0.2, 0.25) is 0 Å². The second kappa shape index (κ2) is 10.2. The summed E-state index contributed by atoms with van der Waals surface area (Å²) in [7, 11) is 1.38. The summed E-state index contributed by atoms with van der Waals surface area (Å²) in [5.41, 5.74) is 5.92. The van der Waals surface area contributed by atoms with Crippen molar-refractivity contribution in [2.75, 3.05) is 24.5 Å². The van der Waals surface area contributed by atoms with E-state index in [1.54, 1.807) is 36.3 Å². The topological polar surface area (TPSA) is 133 Å². The van der Waals surface area contributed by atoms with Crippen LogP contribution in [-0.4, -0.2) is 61.4 Å². The van der Waals surface area contributed by atoms with E-state index in [0.29, 0.717) is 30.9 Å². The van der Waals surface area contributed by atoms with E-state index >= 15 is 0 Å². The van der Waals surface area contributed by atoms with Crippen molar-refractivity contribution >= 4 is 22.8 Å². The molecule has 0 unspecified atom stereocenters. The van der Waals surface area contributed by atoms with Gasteiger partial charge in [-0.2, -0.15) is 13.2 Å². The summed E-state index contributed by atoms with van der Waals surface area (Å²) < 4.78 is 42.6. The van der Waals surface area contributed by atoms with Gasteiger partial charge in [-0.3, -0.25) is 18.7 Å². The van der Waals surface area contributed by atoms with E-state index in [2.05, 4.69) is 9.97 Å². The molecule has 3 aromatic rings. The van der Waals surface area contributed by atoms with Crippen LogP contribution in [0.1, 0.15) is 47.3 Å². The van der Waals surface area contributed by atoms with Gasteiger partial charge in [-0.25, -0.2) is 14.8 Å². The highest BCUT2D eigenvalue weighted by atomic mass is 19.4. The first kappa shape index (κ1) is 27.4. The molecule has 0 saturated carbocycles. The summed E-state index contributed by atoms with van der Waals surface area (Å²) in [6, 6.07) is 1.54. The number of hydrogen-bond donors (Lipinski definition) is 2. The molecule has 1 atom stereocenters. The number of hydrogen-bond acceptors (Lipinski definition) is 7. The highest BCUT2D eigenvalue weighted by Crippen LogP contribution is 2.33. The SMILES string of the molecule is CCn1c(N2CCC[C@@H](N)C2)c(C(=O)NCC(F)(F)F)c2c1c(=O)n(Cc1nc(C)cc(C)n1)c(=O)n2C. The standard InChI is InChI=1S/C24H31F3N8O3/c1-5-34-19-18(32(4)23(38)35(22(19)37)11-16-30-13(2)9-14(3)31-16)17(20(36)29-12-24(25,26)27)21(34)33-8-6-7-15(28)10-33/h9,15H,5-8,10-12,28H2,1-4H3,(H,29,36)/t15-/m1/s1. The number of anilines is 1. The van der Waals surface area contributed by atoms with Gasteiger partial charge in [0.25, 0.3) is 11.5 Å². The second-order valence-electron chi connectivity index (χ2n) is 9.59. The van der Waals surface area contributed by atoms with Crippen molar-refractivity contribution in [1.82, 2.24) is 29.0 Å². The number of piperidine rings is 1. The molecule has 0 radical (unpaired) electrons. The van der Waals surface area contributed by atoms with Crippen LogP contribution >= 0.6 is 0 Å². The zero-order valence-electron chi connectivity index (χ0n) is 21.7. The van der Waals surface area contributed by atoms with Gasteiger partial charge in [0, 0.05) is 44.1 Å². The maximum Gasteiger partial charge on any atom is 0.405 e. The van der Waals surface area contributed by atoms with Crippen LogP contribution in [0, 0.1) is 13.8 Å². The average Bonchev–Trinajstić information content (AvgIpc) is 3.18. The lowest BCUT2D eigenvalue weighted by Gasteiger charge is -2.33. The molecule has 1 fully saturated rings. The Morgan fingerprint density at radius 1 is 1.16 bits per heavy atom. The Morgan fingerprint density at radius 3 is 2.39 bits per heavy atom. The van der Waals surface area contributed by atoms with Gasteiger partial charge in [-0.05, 0) is 39.7 Å². The predicted octanol–water partition coefficient (Wildman–Crippen LogP) is 1.20. The number of aryl methyl sites for hydroxylation is 4. The molecule has 14 heteroatoms. The van der Waals surface area contributed by atoms with Gasteiger partial charge in [0.1, 0.15) is 29.3 Å². The molecular weight excluding hydrogens is 505 g/mol. The van der Waals surface area contributed by atoms with Crippen LogP contribution in [0.25, 0.3) is 11.0 Å². The number of carbonyl (C=O) groups is 1. The van der Waals surface area contributed by atoms with Crippen LogP contribution in [0.5, 0.6) is 0 Å². The van der Waals surface area contributed by atoms with Crippen molar-refractivity contribution in [3.05, 3.63) is 49.7 Å². The number of halogens is 3. The van der Waals surface area contributed by atoms with Crippen LogP contribution in [0.4, 0.5) is 19.0 Å². The van der Waals surface area contributed by atoms with Crippen molar-refractivity contribution in [2.45, 2.75) is 58.9 Å². The fraction of sp³-hybridized carbons (Fsp3) is 0.542. The van der Waals surface area contributed by atoms with Gasteiger partial charge in [-0.15, -0.1) is 0 Å². The number of nitrogens with zero attached hydrogens (tertiary/aromatic N) is 6. The first-order chi connectivity index (χ1) is 17.8. The molecule has 3 N–H and O–H groups in total. The summed E-state index contributed by atoms with van der Waals surface area (Å²) >= 11 is 0. The average molecular weight is 537 g/mol. The molecule has 3 aromatic heterocycles. The number of nitrogens with two attached hydrogens (primary N) is 1. The van der Waals surface area contributed by atoms with E-state index in [4.69, 9.17) is 5.73 Å². The molecular formula is C24H31F3N8O3. The number of amides is 1. The van der Waals surface area contributed by atoms with Gasteiger partial charge in [0.15, 0.2) is 0 Å². The largest absolute Gasteiger partial charge is 0.405 e. The lowest BCUT2D eigenvalue weighted by Crippen LogP contribution is -2.44. The molecule has 1 saturated heterocycles. The monoisotopic (exact) mass is 536 g/mol. The van der Waals surface area contributed by atoms with Crippen molar-refractivity contribution in [2.24, 2.45) is 12.8 Å². The van der Waals surface area contributed by atoms with E-state index in [0.717, 1.165) is 15.6 Å². The molecule has 0 spiro atoms. The maximum atomic E-state index is 13.8. The highest BCUT2D eigenvalue weighted by Gasteiger charge is 2.34. The zero-order chi connectivity index (χ0) is 27.9. The van der Waals surface area contributed by atoms with Gasteiger partial charge in [0.05, 0.1) is 12.1 Å². The van der Waals surface area contributed by atoms with Crippen molar-refractivity contribution in [3.63, 3.8) is 0 Å². The van der Waals surface area contributed by atoms with E-state index in [1.165, 1.54) is 7.05 Å². The lowest BCUT2D eigenvalue weighted by atomic mass is 10.1. The quantitative estimate of drug-likeness (QED) is 0.484. The number of carbonyl (C=O) groups excluding carboxylic acids is 1. The normalized spacial score (nSPS) is 16.3. The Balaban J connectivity index is 2.00. The first-order valence-corrected chi connectivity index (χ1v) is 12.3. The number of rotatable bonds is 6. The van der Waals surface area contributed by atoms with Crippen molar-refractivity contribution < 1.29 is 18.0 Å². The zero-order valence-corrected chi connectivity index (χ0v) is 21.7. The van der Waals surface area contributed by atoms with Crippen LogP contribution in [0.15, 0.2) is 15.7 Å². The first-order valence-electron chi connectivity index (χ1n) is 12.3. The number of nitrogens with one attached hydrogen (secondary N) is 1. The molecule has 1 amide bonds. The molecule has 0 aliphatic carbocycles. The molecule has 1 aliphatic rings. The molecule has 4 heterocycles. The van der Waals surface area contributed by atoms with Gasteiger partial charge >= 0.3 is 11.9 Å². The Labute approximate surface area is 216 Å². The van der Waals surface area contributed by atoms with Crippen molar-refractivity contribution in [1.29, 1.82) is 0 Å². The second-order valence-corrected chi connectivity index (χ2v) is 9.59. The summed E-state index contributed by atoms with van der Waals surface area (Å²) in [5.74, 6) is -0.496. The van der Waals surface area contributed by atoms with E-state index in [9.17, 15) is 27.6 Å². The van der Waals surface area contributed by atoms with Crippen molar-refractivity contribution in [3.8, 4) is 0 Å². The van der Waals surface area contributed by atoms with Crippen LogP contribution in [-0.2, 0) is 20.1 Å². The summed E-state index contributed by atoms with van der Waals surface area (Å²) in [5, 5.41) is 1.91. The minimum atomic E-state index is -4.64. The molecule has 1 aliphatic heterocycles. The molecule has 0 bridgehead atoms. The van der Waals surface area contributed by atoms with Crippen LogP contribution < -0.4 is 27.2 Å². The molecule has 206 valence electrons. The van der Waals surface area contributed by atoms with E-state index in [-0.39, 0.29) is 47.4 Å². The Hall–Kier alpha value is -3.68. The molecule has 0 aromatic carbocycles. The predicted molar refractivity (Wildman–Crippen MR) is 136 cm³/mol. The molecule has 38 heavy (non-hydrogen) atoms. The van der Waals surface area contributed by atoms with Gasteiger partial charge < -0.3 is 20.5 Å². The van der Waals surface area contributed by atoms with Gasteiger partial charge in [-0.1, -0.05) is 0 Å². The Kier molecular flexibility index (Phi) is 7.37.